The van der Waals surface area contributed by atoms with Crippen LogP contribution < -0.4 is 9.64 Å². The number of hydrogen-bond acceptors (Lipinski definition) is 3. The van der Waals surface area contributed by atoms with Gasteiger partial charge in [-0.2, -0.15) is 0 Å². The summed E-state index contributed by atoms with van der Waals surface area (Å²) in [5, 5.41) is 0. The first-order valence-corrected chi connectivity index (χ1v) is 23.4. The van der Waals surface area contributed by atoms with Gasteiger partial charge in [0.2, 0.25) is 0 Å². The molecule has 0 amide bonds. The van der Waals surface area contributed by atoms with Crippen LogP contribution in [0.2, 0.25) is 0 Å². The van der Waals surface area contributed by atoms with E-state index in [1.807, 2.05) is 6.20 Å². The predicted octanol–water partition coefficient (Wildman–Crippen LogP) is 14.9. The zero-order valence-electron chi connectivity index (χ0n) is 38.3. The molecule has 2 aromatic heterocycles. The van der Waals surface area contributed by atoms with Crippen molar-refractivity contribution < 1.29 is 24.1 Å². The molecule has 1 aliphatic heterocycles. The van der Waals surface area contributed by atoms with Crippen molar-refractivity contribution in [1.29, 1.82) is 0 Å². The van der Waals surface area contributed by atoms with Crippen LogP contribution in [0.1, 0.15) is 81.8 Å². The van der Waals surface area contributed by atoms with Crippen LogP contribution in [-0.2, 0) is 36.6 Å². The molecule has 322 valence electrons. The summed E-state index contributed by atoms with van der Waals surface area (Å²) in [5.41, 5.74) is 18.1. The van der Waals surface area contributed by atoms with Crippen molar-refractivity contribution in [3.05, 3.63) is 177 Å². The first-order chi connectivity index (χ1) is 30.1. The molecular weight excluding hydrogens is 952 g/mol. The van der Waals surface area contributed by atoms with Crippen molar-refractivity contribution in [2.45, 2.75) is 86.5 Å². The van der Waals surface area contributed by atoms with Crippen LogP contribution in [0.4, 0.5) is 11.5 Å². The summed E-state index contributed by atoms with van der Waals surface area (Å²) in [6, 6.07) is 48.4. The van der Waals surface area contributed by atoms with Crippen LogP contribution in [0.25, 0.3) is 44.7 Å². The number of aromatic nitrogens is 3. The van der Waals surface area contributed by atoms with E-state index in [-0.39, 0.29) is 10.8 Å². The van der Waals surface area contributed by atoms with Crippen LogP contribution in [0.5, 0.6) is 11.5 Å². The summed E-state index contributed by atoms with van der Waals surface area (Å²) >= 11 is 2.56. The third-order valence-corrected chi connectivity index (χ3v) is 14.0. The quantitative estimate of drug-likeness (QED) is 0.160. The second-order valence-electron chi connectivity index (χ2n) is 19.5. The Bertz CT molecular complexity index is 3010. The molecule has 3 heterocycles. The van der Waals surface area contributed by atoms with Crippen LogP contribution in [0, 0.1) is 30.5 Å². The number of nitrogens with zero attached hydrogens (tertiary/aromatic N) is 4. The molecule has 0 bridgehead atoms. The molecule has 63 heavy (non-hydrogen) atoms. The van der Waals surface area contributed by atoms with E-state index in [0.717, 1.165) is 56.5 Å². The van der Waals surface area contributed by atoms with Crippen LogP contribution >= 0.6 is 0 Å². The van der Waals surface area contributed by atoms with E-state index >= 15 is 0 Å². The zero-order chi connectivity index (χ0) is 44.4. The monoisotopic (exact) mass is 1010 g/mol. The molecule has 0 radical (unpaired) electrons. The standard InChI is InChI=1S/C57H58N4O.Pt/c1-37-29-43-25-26-47(34-51(43)59(35-37)52-32-44(27-28-58-52)56(5,6)7)62-48-31-45(57(8,9)10)30-46(33-48)60-36-61(50-24-18-17-23-49(50)60)55-53(41-19-13-11-14-20-41)39(3)38(2)40(4)54(55)42-21-15-12-16-22-42;/h11-28,30-34,37H,29,35H2,1-10H3;. The summed E-state index contributed by atoms with van der Waals surface area (Å²) in [5.74, 6) is 3.09. The van der Waals surface area contributed by atoms with Gasteiger partial charge in [0, 0.05) is 6.20 Å². The summed E-state index contributed by atoms with van der Waals surface area (Å²) in [7, 11) is 0. The Hall–Kier alpha value is -5.77. The number of imidazole rings is 1. The van der Waals surface area contributed by atoms with Crippen LogP contribution in [0.3, 0.4) is 0 Å². The average molecular weight is 1010 g/mol. The van der Waals surface area contributed by atoms with E-state index in [1.54, 1.807) is 0 Å². The topological polar surface area (TPSA) is 35.2 Å². The van der Waals surface area contributed by atoms with Gasteiger partial charge in [0.1, 0.15) is 0 Å². The maximum atomic E-state index is 7.00. The molecule has 0 saturated heterocycles. The molecule has 5 nitrogen and oxygen atoms in total. The second-order valence-corrected chi connectivity index (χ2v) is 20.6. The molecule has 0 aliphatic carbocycles. The van der Waals surface area contributed by atoms with Crippen LogP contribution in [0.15, 0.2) is 140 Å². The SMILES string of the molecule is Cc1c(C)c(-c2ccccc2)c(-n2[c](=[Pt])n(-c3cc(Oc4ccc5c(c4)N(c4cc(C(C)(C)C)ccn4)CC(C)C5)cc(C(C)(C)C)c3)c3ccccc32)c(-c2ccccc2)c1C. The molecule has 9 rings (SSSR count). The number of para-hydroxylation sites is 2. The van der Waals surface area contributed by atoms with E-state index in [4.69, 9.17) is 9.72 Å². The van der Waals surface area contributed by atoms with Crippen molar-refractivity contribution in [3.8, 4) is 45.1 Å². The van der Waals surface area contributed by atoms with Crippen molar-refractivity contribution in [1.82, 2.24) is 14.1 Å². The maximum absolute atomic E-state index is 7.00. The third-order valence-electron chi connectivity index (χ3n) is 13.0. The molecule has 0 saturated carbocycles. The molecule has 6 heteroatoms. The Labute approximate surface area is 384 Å². The van der Waals surface area contributed by atoms with Crippen molar-refractivity contribution in [3.63, 3.8) is 0 Å². The summed E-state index contributed by atoms with van der Waals surface area (Å²) < 4.78 is 13.0. The molecule has 1 aliphatic rings. The van der Waals surface area contributed by atoms with E-state index < -0.39 is 0 Å². The predicted molar refractivity (Wildman–Crippen MR) is 259 cm³/mol. The van der Waals surface area contributed by atoms with Crippen molar-refractivity contribution >= 4 is 22.5 Å². The van der Waals surface area contributed by atoms with Gasteiger partial charge >= 0.3 is 336 Å². The van der Waals surface area contributed by atoms with Gasteiger partial charge in [0.25, 0.3) is 0 Å². The first kappa shape index (κ1) is 42.5. The minimum atomic E-state index is -0.142. The average Bonchev–Trinajstić information content (AvgIpc) is 3.56. The van der Waals surface area contributed by atoms with Gasteiger partial charge in [-0.25, -0.2) is 0 Å². The molecule has 0 N–H and O–H groups in total. The first-order valence-electron chi connectivity index (χ1n) is 22.2. The summed E-state index contributed by atoms with van der Waals surface area (Å²) in [6.07, 6.45) is 2.98. The van der Waals surface area contributed by atoms with Gasteiger partial charge in [-0.15, -0.1) is 0 Å². The molecular formula is C57H58N4OPt. The van der Waals surface area contributed by atoms with Gasteiger partial charge in [-0.1, -0.05) is 27.7 Å². The molecule has 6 aromatic carbocycles. The zero-order valence-corrected chi connectivity index (χ0v) is 40.6. The fourth-order valence-electron chi connectivity index (χ4n) is 9.32. The minimum absolute atomic E-state index is 0.0250. The van der Waals surface area contributed by atoms with E-state index in [9.17, 15) is 0 Å². The van der Waals surface area contributed by atoms with Gasteiger partial charge in [-0.3, -0.25) is 0 Å². The Morgan fingerprint density at radius 2 is 1.19 bits per heavy atom. The fourth-order valence-corrected chi connectivity index (χ4v) is 10.4. The summed E-state index contributed by atoms with van der Waals surface area (Å²) in [4.78, 5) is 7.29. The Morgan fingerprint density at radius 3 is 1.79 bits per heavy atom. The molecule has 0 fully saturated rings. The van der Waals surface area contributed by atoms with Gasteiger partial charge < -0.3 is 0 Å². The Balaban J connectivity index is 1.23. The number of ether oxygens (including phenoxy) is 1. The summed E-state index contributed by atoms with van der Waals surface area (Å²) in [6.45, 7) is 23.7. The van der Waals surface area contributed by atoms with Gasteiger partial charge in [0.15, 0.2) is 0 Å². The normalized spacial score (nSPS) is 14.3. The molecule has 0 spiro atoms. The van der Waals surface area contributed by atoms with Crippen LogP contribution in [-0.4, -0.2) is 20.7 Å². The Kier molecular flexibility index (Phi) is 11.1. The number of rotatable bonds is 7. The number of pyridine rings is 1. The fraction of sp³-hybridized carbons (Fsp3) is 0.263. The number of anilines is 2. The van der Waals surface area contributed by atoms with E-state index in [2.05, 4.69) is 236 Å². The van der Waals surface area contributed by atoms with Gasteiger partial charge in [-0.05, 0) is 17.0 Å². The van der Waals surface area contributed by atoms with E-state index in [1.165, 1.54) is 61.3 Å². The number of fused-ring (bicyclic) bond motifs is 2. The van der Waals surface area contributed by atoms with E-state index in [0.29, 0.717) is 5.92 Å². The Morgan fingerprint density at radius 1 is 0.603 bits per heavy atom. The van der Waals surface area contributed by atoms with Gasteiger partial charge in [0.05, 0.1) is 0 Å². The number of hydrogen-bond donors (Lipinski definition) is 0. The molecule has 8 aromatic rings. The van der Waals surface area contributed by atoms with Crippen molar-refractivity contribution in [2.75, 3.05) is 11.4 Å². The molecule has 1 atom stereocenters. The molecule has 1 unspecified atom stereocenters. The second kappa shape index (κ2) is 16.4. The third kappa shape index (κ3) is 7.95. The number of benzene rings is 6. The van der Waals surface area contributed by atoms with Crippen molar-refractivity contribution in [2.24, 2.45) is 5.92 Å².